The number of hydrogen-bond donors (Lipinski definition) is 2. The minimum absolute atomic E-state index is 0.128. The lowest BCUT2D eigenvalue weighted by molar-refractivity contribution is 0.301. The Morgan fingerprint density at radius 1 is 1.00 bits per heavy atom. The fourth-order valence-corrected chi connectivity index (χ4v) is 2.96. The van der Waals surface area contributed by atoms with Crippen molar-refractivity contribution in [1.29, 1.82) is 0 Å². The average Bonchev–Trinajstić information content (AvgIpc) is 2.81. The molecule has 0 bridgehead atoms. The van der Waals surface area contributed by atoms with E-state index in [9.17, 15) is 4.79 Å². The molecule has 2 N–H and O–H groups in total. The summed E-state index contributed by atoms with van der Waals surface area (Å²) in [5, 5.41) is 3.29. The number of ether oxygens (including phenoxy) is 1. The van der Waals surface area contributed by atoms with Gasteiger partial charge in [-0.1, -0.05) is 18.2 Å². The number of rotatable bonds is 7. The van der Waals surface area contributed by atoms with Gasteiger partial charge in [-0.05, 0) is 55.8 Å². The Morgan fingerprint density at radius 3 is 2.52 bits per heavy atom. The second-order valence-corrected chi connectivity index (χ2v) is 7.16. The van der Waals surface area contributed by atoms with Crippen LogP contribution in [-0.2, 0) is 13.2 Å². The van der Waals surface area contributed by atoms with Crippen LogP contribution < -0.4 is 15.6 Å². The first-order chi connectivity index (χ1) is 15.1. The number of aryl methyl sites for hydroxylation is 1. The Morgan fingerprint density at radius 2 is 1.84 bits per heavy atom. The number of aromatic nitrogens is 4. The van der Waals surface area contributed by atoms with Gasteiger partial charge in [-0.3, -0.25) is 9.78 Å². The van der Waals surface area contributed by atoms with E-state index in [0.29, 0.717) is 30.2 Å². The monoisotopic (exact) mass is 413 g/mol. The van der Waals surface area contributed by atoms with Crippen molar-refractivity contribution < 1.29 is 4.74 Å². The number of nitrogens with one attached hydrogen (secondary N) is 2. The molecular formula is C24H23N5O2. The van der Waals surface area contributed by atoms with Gasteiger partial charge < -0.3 is 15.0 Å². The van der Waals surface area contributed by atoms with Crippen LogP contribution in [0.3, 0.4) is 0 Å². The zero-order valence-corrected chi connectivity index (χ0v) is 17.4. The highest BCUT2D eigenvalue weighted by Crippen LogP contribution is 2.17. The van der Waals surface area contributed by atoms with Gasteiger partial charge >= 0.3 is 0 Å². The fraction of sp³-hybridized carbons (Fsp3) is 0.167. The van der Waals surface area contributed by atoms with E-state index < -0.39 is 0 Å². The van der Waals surface area contributed by atoms with Gasteiger partial charge in [0.1, 0.15) is 24.0 Å². The van der Waals surface area contributed by atoms with E-state index in [1.54, 1.807) is 19.3 Å². The summed E-state index contributed by atoms with van der Waals surface area (Å²) in [6, 6.07) is 17.4. The summed E-state index contributed by atoms with van der Waals surface area (Å²) >= 11 is 0. The minimum Gasteiger partial charge on any atom is -0.487 e. The van der Waals surface area contributed by atoms with Crippen LogP contribution in [0, 0.1) is 13.8 Å². The fourth-order valence-electron chi connectivity index (χ4n) is 2.96. The molecule has 31 heavy (non-hydrogen) atoms. The van der Waals surface area contributed by atoms with Crippen LogP contribution in [0.4, 0.5) is 5.82 Å². The van der Waals surface area contributed by atoms with Gasteiger partial charge in [-0.2, -0.15) is 0 Å². The Kier molecular flexibility index (Phi) is 6.03. The van der Waals surface area contributed by atoms with E-state index in [1.165, 1.54) is 0 Å². The van der Waals surface area contributed by atoms with E-state index >= 15 is 0 Å². The summed E-state index contributed by atoms with van der Waals surface area (Å²) in [6.45, 7) is 4.66. The maximum Gasteiger partial charge on any atom is 0.254 e. The van der Waals surface area contributed by atoms with E-state index in [-0.39, 0.29) is 5.56 Å². The summed E-state index contributed by atoms with van der Waals surface area (Å²) in [4.78, 5) is 27.9. The molecule has 0 aliphatic heterocycles. The minimum atomic E-state index is -0.128. The topological polar surface area (TPSA) is 92.8 Å². The van der Waals surface area contributed by atoms with Crippen LogP contribution in [-0.4, -0.2) is 19.9 Å². The van der Waals surface area contributed by atoms with Gasteiger partial charge in [0.2, 0.25) is 0 Å². The van der Waals surface area contributed by atoms with Crippen LogP contribution in [0.5, 0.6) is 5.75 Å². The first kappa shape index (κ1) is 20.3. The number of pyridine rings is 2. The van der Waals surface area contributed by atoms with Crippen molar-refractivity contribution in [2.75, 3.05) is 5.32 Å². The van der Waals surface area contributed by atoms with Crippen LogP contribution in [0.15, 0.2) is 71.8 Å². The van der Waals surface area contributed by atoms with Crippen LogP contribution in [0.25, 0.3) is 11.4 Å². The molecule has 0 radical (unpaired) electrons. The smallest absolute Gasteiger partial charge is 0.254 e. The molecule has 0 aliphatic rings. The number of benzene rings is 1. The number of H-pyrrole nitrogens is 1. The van der Waals surface area contributed by atoms with E-state index in [0.717, 1.165) is 28.4 Å². The van der Waals surface area contributed by atoms with Crippen molar-refractivity contribution in [3.05, 3.63) is 99.9 Å². The van der Waals surface area contributed by atoms with E-state index in [2.05, 4.69) is 25.3 Å². The molecule has 0 atom stereocenters. The molecule has 7 nitrogen and oxygen atoms in total. The maximum atomic E-state index is 12.0. The van der Waals surface area contributed by atoms with Gasteiger partial charge in [-0.15, -0.1) is 0 Å². The molecule has 3 heterocycles. The van der Waals surface area contributed by atoms with Gasteiger partial charge in [0.05, 0.1) is 5.69 Å². The molecule has 1 aromatic carbocycles. The molecule has 0 unspecified atom stereocenters. The Hall–Kier alpha value is -4.00. The highest BCUT2D eigenvalue weighted by Gasteiger charge is 2.07. The highest BCUT2D eigenvalue weighted by molar-refractivity contribution is 5.56. The van der Waals surface area contributed by atoms with Crippen LogP contribution >= 0.6 is 0 Å². The molecule has 0 amide bonds. The standard InChI is InChI=1S/C24H23N5O2/c1-16-17(2)28-23(29-24(16)30)19-8-11-22(27-14-19)26-13-18-6-9-21(10-7-18)31-15-20-5-3-4-12-25-20/h3-12,14H,13,15H2,1-2H3,(H,26,27)(H,28,29,30). The lowest BCUT2D eigenvalue weighted by Crippen LogP contribution is -2.14. The Labute approximate surface area is 180 Å². The summed E-state index contributed by atoms with van der Waals surface area (Å²) in [5.41, 5.74) is 3.98. The largest absolute Gasteiger partial charge is 0.487 e. The maximum absolute atomic E-state index is 12.0. The second-order valence-electron chi connectivity index (χ2n) is 7.16. The third-order valence-electron chi connectivity index (χ3n) is 4.94. The Bertz CT molecular complexity index is 1200. The SMILES string of the molecule is Cc1nc(-c2ccc(NCc3ccc(OCc4ccccn4)cc3)nc2)[nH]c(=O)c1C. The average molecular weight is 413 g/mol. The van der Waals surface area contributed by atoms with E-state index in [4.69, 9.17) is 4.74 Å². The van der Waals surface area contributed by atoms with Crippen LogP contribution in [0.1, 0.15) is 22.5 Å². The predicted molar refractivity (Wildman–Crippen MR) is 120 cm³/mol. The molecule has 4 aromatic rings. The number of aromatic amines is 1. The molecule has 0 saturated carbocycles. The first-order valence-electron chi connectivity index (χ1n) is 9.98. The molecular weight excluding hydrogens is 390 g/mol. The first-order valence-corrected chi connectivity index (χ1v) is 9.98. The number of nitrogens with zero attached hydrogens (tertiary/aromatic N) is 3. The second kappa shape index (κ2) is 9.21. The molecule has 0 spiro atoms. The summed E-state index contributed by atoms with van der Waals surface area (Å²) in [5.74, 6) is 2.06. The zero-order valence-electron chi connectivity index (χ0n) is 17.4. The molecule has 0 saturated heterocycles. The summed E-state index contributed by atoms with van der Waals surface area (Å²) < 4.78 is 5.76. The molecule has 3 aromatic heterocycles. The van der Waals surface area contributed by atoms with Gasteiger partial charge in [-0.25, -0.2) is 9.97 Å². The van der Waals surface area contributed by atoms with Crippen molar-refractivity contribution in [2.24, 2.45) is 0 Å². The molecule has 7 heteroatoms. The van der Waals surface area contributed by atoms with Gasteiger partial charge in [0.25, 0.3) is 5.56 Å². The molecule has 156 valence electrons. The number of hydrogen-bond acceptors (Lipinski definition) is 6. The summed E-state index contributed by atoms with van der Waals surface area (Å²) in [6.07, 6.45) is 3.45. The van der Waals surface area contributed by atoms with Gasteiger partial charge in [0.15, 0.2) is 0 Å². The quantitative estimate of drug-likeness (QED) is 0.475. The Balaban J connectivity index is 1.33. The van der Waals surface area contributed by atoms with Crippen molar-refractivity contribution in [2.45, 2.75) is 27.0 Å². The van der Waals surface area contributed by atoms with Crippen molar-refractivity contribution in [1.82, 2.24) is 19.9 Å². The number of anilines is 1. The summed E-state index contributed by atoms with van der Waals surface area (Å²) in [7, 11) is 0. The third-order valence-corrected chi connectivity index (χ3v) is 4.94. The normalized spacial score (nSPS) is 10.6. The van der Waals surface area contributed by atoms with Gasteiger partial charge in [0, 0.05) is 35.8 Å². The lowest BCUT2D eigenvalue weighted by Gasteiger charge is -2.09. The van der Waals surface area contributed by atoms with E-state index in [1.807, 2.05) is 61.5 Å². The predicted octanol–water partition coefficient (Wildman–Crippen LogP) is 4.03. The third kappa shape index (κ3) is 5.14. The molecule has 0 aliphatic carbocycles. The lowest BCUT2D eigenvalue weighted by atomic mass is 10.2. The van der Waals surface area contributed by atoms with Crippen LogP contribution in [0.2, 0.25) is 0 Å². The zero-order chi connectivity index (χ0) is 21.6. The molecule has 0 fully saturated rings. The van der Waals surface area contributed by atoms with Crippen molar-refractivity contribution in [3.63, 3.8) is 0 Å². The highest BCUT2D eigenvalue weighted by atomic mass is 16.5. The van der Waals surface area contributed by atoms with Crippen molar-refractivity contribution in [3.8, 4) is 17.1 Å². The van der Waals surface area contributed by atoms with Crippen molar-refractivity contribution >= 4 is 5.82 Å². The molecule has 4 rings (SSSR count).